The normalized spacial score (nSPS) is 10.0. The van der Waals surface area contributed by atoms with Gasteiger partial charge in [-0.25, -0.2) is 0 Å². The van der Waals surface area contributed by atoms with Crippen molar-refractivity contribution < 1.29 is 0 Å². The Hall–Kier alpha value is -0.570. The van der Waals surface area contributed by atoms with Crippen molar-refractivity contribution in [1.29, 1.82) is 0 Å². The number of halogens is 1. The lowest BCUT2D eigenvalue weighted by Gasteiger charge is -2.18. The van der Waals surface area contributed by atoms with Crippen molar-refractivity contribution in [2.45, 2.75) is 13.8 Å². The average Bonchev–Trinajstić information content (AvgIpc) is 2.08. The van der Waals surface area contributed by atoms with Crippen LogP contribution in [0.3, 0.4) is 0 Å². The molecule has 3 heteroatoms. The molecule has 1 rings (SSSR count). The summed E-state index contributed by atoms with van der Waals surface area (Å²) in [7, 11) is 2.07. The van der Waals surface area contributed by atoms with E-state index in [4.69, 9.17) is 0 Å². The van der Waals surface area contributed by atoms with Crippen LogP contribution in [-0.2, 0) is 0 Å². The van der Waals surface area contributed by atoms with Crippen LogP contribution in [0.2, 0.25) is 0 Å². The van der Waals surface area contributed by atoms with Crippen LogP contribution in [0.15, 0.2) is 16.7 Å². The summed E-state index contributed by atoms with van der Waals surface area (Å²) < 4.78 is 1.09. The van der Waals surface area contributed by atoms with E-state index in [1.165, 1.54) is 5.69 Å². The van der Waals surface area contributed by atoms with Crippen LogP contribution in [0.25, 0.3) is 0 Å². The molecule has 0 spiro atoms. The van der Waals surface area contributed by atoms with Crippen LogP contribution < -0.4 is 4.90 Å². The first-order chi connectivity index (χ1) is 5.66. The van der Waals surface area contributed by atoms with Crippen LogP contribution in [0.4, 0.5) is 5.69 Å². The third-order valence-electron chi connectivity index (χ3n) is 1.93. The van der Waals surface area contributed by atoms with Gasteiger partial charge in [-0.2, -0.15) is 0 Å². The number of rotatable bonds is 2. The van der Waals surface area contributed by atoms with E-state index in [1.54, 1.807) is 0 Å². The average molecular weight is 229 g/mol. The van der Waals surface area contributed by atoms with Crippen molar-refractivity contribution in [2.75, 3.05) is 18.5 Å². The molecular weight excluding hydrogens is 216 g/mol. The summed E-state index contributed by atoms with van der Waals surface area (Å²) in [6, 6.07) is 2.01. The lowest BCUT2D eigenvalue weighted by Crippen LogP contribution is -2.16. The van der Waals surface area contributed by atoms with E-state index in [2.05, 4.69) is 39.8 Å². The Labute approximate surface area is 81.7 Å². The number of hydrogen-bond donors (Lipinski definition) is 0. The molecule has 66 valence electrons. The molecule has 0 radical (unpaired) electrons. The first-order valence-corrected chi connectivity index (χ1v) is 4.78. The second-order valence-electron chi connectivity index (χ2n) is 2.74. The van der Waals surface area contributed by atoms with Gasteiger partial charge in [-0.3, -0.25) is 4.98 Å². The van der Waals surface area contributed by atoms with E-state index in [1.807, 2.05) is 19.2 Å². The van der Waals surface area contributed by atoms with Crippen LogP contribution in [0, 0.1) is 6.92 Å². The molecule has 0 saturated carbocycles. The highest BCUT2D eigenvalue weighted by atomic mass is 79.9. The van der Waals surface area contributed by atoms with Gasteiger partial charge in [0.1, 0.15) is 0 Å². The number of pyridine rings is 1. The summed E-state index contributed by atoms with van der Waals surface area (Å²) >= 11 is 3.52. The number of anilines is 1. The Morgan fingerprint density at radius 1 is 1.58 bits per heavy atom. The summed E-state index contributed by atoms with van der Waals surface area (Å²) in [6.07, 6.45) is 1.83. The molecule has 0 atom stereocenters. The SMILES string of the molecule is CCN(C)c1ccnc(C)c1Br. The van der Waals surface area contributed by atoms with Gasteiger partial charge >= 0.3 is 0 Å². The van der Waals surface area contributed by atoms with E-state index in [0.29, 0.717) is 0 Å². The van der Waals surface area contributed by atoms with E-state index in [0.717, 1.165) is 16.7 Å². The summed E-state index contributed by atoms with van der Waals surface area (Å²) in [6.45, 7) is 5.13. The van der Waals surface area contributed by atoms with Crippen molar-refractivity contribution in [3.63, 3.8) is 0 Å². The standard InChI is InChI=1S/C9H13BrN2/c1-4-12(3)8-5-6-11-7(2)9(8)10/h5-6H,4H2,1-3H3. The van der Waals surface area contributed by atoms with Crippen molar-refractivity contribution >= 4 is 21.6 Å². The van der Waals surface area contributed by atoms with E-state index in [-0.39, 0.29) is 0 Å². The molecule has 0 bridgehead atoms. The van der Waals surface area contributed by atoms with Gasteiger partial charge in [0.15, 0.2) is 0 Å². The Morgan fingerprint density at radius 3 is 2.83 bits per heavy atom. The van der Waals surface area contributed by atoms with Gasteiger partial charge in [0, 0.05) is 19.8 Å². The second-order valence-corrected chi connectivity index (χ2v) is 3.54. The van der Waals surface area contributed by atoms with Crippen LogP contribution in [0.1, 0.15) is 12.6 Å². The fourth-order valence-electron chi connectivity index (χ4n) is 1.00. The molecule has 0 aliphatic rings. The van der Waals surface area contributed by atoms with Gasteiger partial charge in [0.05, 0.1) is 15.9 Å². The molecule has 0 aliphatic heterocycles. The third kappa shape index (κ3) is 1.78. The zero-order valence-electron chi connectivity index (χ0n) is 7.63. The Balaban J connectivity index is 3.07. The molecule has 0 fully saturated rings. The van der Waals surface area contributed by atoms with E-state index in [9.17, 15) is 0 Å². The smallest absolute Gasteiger partial charge is 0.0621 e. The van der Waals surface area contributed by atoms with E-state index < -0.39 is 0 Å². The lowest BCUT2D eigenvalue weighted by atomic mass is 10.3. The fraction of sp³-hybridized carbons (Fsp3) is 0.444. The van der Waals surface area contributed by atoms with E-state index >= 15 is 0 Å². The van der Waals surface area contributed by atoms with Gasteiger partial charge in [-0.15, -0.1) is 0 Å². The molecule has 1 aromatic heterocycles. The van der Waals surface area contributed by atoms with Crippen molar-refractivity contribution in [3.05, 3.63) is 22.4 Å². The molecule has 12 heavy (non-hydrogen) atoms. The van der Waals surface area contributed by atoms with Crippen LogP contribution in [-0.4, -0.2) is 18.6 Å². The predicted octanol–water partition coefficient (Wildman–Crippen LogP) is 2.61. The third-order valence-corrected chi connectivity index (χ3v) is 2.91. The number of nitrogens with zero attached hydrogens (tertiary/aromatic N) is 2. The highest BCUT2D eigenvalue weighted by molar-refractivity contribution is 9.10. The second kappa shape index (κ2) is 3.90. The molecular formula is C9H13BrN2. The Kier molecular flexibility index (Phi) is 3.09. The summed E-state index contributed by atoms with van der Waals surface area (Å²) in [4.78, 5) is 6.36. The maximum atomic E-state index is 4.18. The Morgan fingerprint density at radius 2 is 2.25 bits per heavy atom. The molecule has 1 aromatic rings. The van der Waals surface area contributed by atoms with Crippen molar-refractivity contribution in [3.8, 4) is 0 Å². The number of hydrogen-bond acceptors (Lipinski definition) is 2. The predicted molar refractivity (Wildman–Crippen MR) is 55.6 cm³/mol. The Bertz CT molecular complexity index is 273. The molecule has 2 nitrogen and oxygen atoms in total. The first kappa shape index (κ1) is 9.52. The topological polar surface area (TPSA) is 16.1 Å². The maximum absolute atomic E-state index is 4.18. The summed E-state index contributed by atoms with van der Waals surface area (Å²) in [5.41, 5.74) is 2.23. The zero-order chi connectivity index (χ0) is 9.14. The van der Waals surface area contributed by atoms with Crippen molar-refractivity contribution in [1.82, 2.24) is 4.98 Å². The van der Waals surface area contributed by atoms with Gasteiger partial charge in [-0.1, -0.05) is 0 Å². The summed E-state index contributed by atoms with van der Waals surface area (Å²) in [5, 5.41) is 0. The zero-order valence-corrected chi connectivity index (χ0v) is 9.22. The number of aryl methyl sites for hydroxylation is 1. The minimum Gasteiger partial charge on any atom is -0.374 e. The van der Waals surface area contributed by atoms with Gasteiger partial charge < -0.3 is 4.90 Å². The quantitative estimate of drug-likeness (QED) is 0.774. The lowest BCUT2D eigenvalue weighted by molar-refractivity contribution is 0.956. The minimum absolute atomic E-state index is 1.00. The van der Waals surface area contributed by atoms with Crippen LogP contribution >= 0.6 is 15.9 Å². The molecule has 0 aromatic carbocycles. The van der Waals surface area contributed by atoms with Gasteiger partial charge in [-0.05, 0) is 35.8 Å². The minimum atomic E-state index is 1.00. The van der Waals surface area contributed by atoms with Gasteiger partial charge in [0.2, 0.25) is 0 Å². The molecule has 0 N–H and O–H groups in total. The molecule has 1 heterocycles. The molecule has 0 saturated heterocycles. The monoisotopic (exact) mass is 228 g/mol. The van der Waals surface area contributed by atoms with Gasteiger partial charge in [0.25, 0.3) is 0 Å². The first-order valence-electron chi connectivity index (χ1n) is 3.99. The molecule has 0 aliphatic carbocycles. The maximum Gasteiger partial charge on any atom is 0.0621 e. The number of aromatic nitrogens is 1. The molecule has 0 amide bonds. The molecule has 0 unspecified atom stereocenters. The largest absolute Gasteiger partial charge is 0.374 e. The highest BCUT2D eigenvalue weighted by Crippen LogP contribution is 2.26. The summed E-state index contributed by atoms with van der Waals surface area (Å²) in [5.74, 6) is 0. The van der Waals surface area contributed by atoms with Crippen molar-refractivity contribution in [2.24, 2.45) is 0 Å². The fourth-order valence-corrected chi connectivity index (χ4v) is 1.54. The highest BCUT2D eigenvalue weighted by Gasteiger charge is 2.05. The van der Waals surface area contributed by atoms with Crippen LogP contribution in [0.5, 0.6) is 0 Å².